The van der Waals surface area contributed by atoms with Crippen LogP contribution >= 0.6 is 15.9 Å². The smallest absolute Gasteiger partial charge is 0.202 e. The average Bonchev–Trinajstić information content (AvgIpc) is 2.91. The van der Waals surface area contributed by atoms with Crippen molar-refractivity contribution in [1.82, 2.24) is 19.4 Å². The number of halogens is 1. The van der Waals surface area contributed by atoms with Gasteiger partial charge >= 0.3 is 0 Å². The number of nitrogens with zero attached hydrogens (tertiary/aromatic N) is 4. The molecule has 1 aliphatic heterocycles. The molecule has 124 valence electrons. The van der Waals surface area contributed by atoms with E-state index in [0.717, 1.165) is 48.1 Å². The van der Waals surface area contributed by atoms with Crippen LogP contribution in [0.1, 0.15) is 24.4 Å². The molecular formula is C18H20BrN5. The summed E-state index contributed by atoms with van der Waals surface area (Å²) in [7, 11) is 0. The third kappa shape index (κ3) is 3.03. The van der Waals surface area contributed by atoms with Gasteiger partial charge in [0.1, 0.15) is 5.52 Å². The number of likely N-dealkylation sites (tertiary alicyclic amines) is 1. The molecule has 3 aromatic rings. The molecule has 0 bridgehead atoms. The van der Waals surface area contributed by atoms with Gasteiger partial charge in [0.05, 0.1) is 0 Å². The molecule has 0 amide bonds. The average molecular weight is 386 g/mol. The van der Waals surface area contributed by atoms with Crippen molar-refractivity contribution in [3.8, 4) is 0 Å². The molecule has 24 heavy (non-hydrogen) atoms. The highest BCUT2D eigenvalue weighted by Crippen LogP contribution is 2.30. The predicted octanol–water partition coefficient (Wildman–Crippen LogP) is 3.61. The molecule has 0 saturated carbocycles. The lowest BCUT2D eigenvalue weighted by atomic mass is 10.0. The molecule has 1 saturated heterocycles. The first-order chi connectivity index (χ1) is 11.7. The van der Waals surface area contributed by atoms with Gasteiger partial charge in [0.25, 0.3) is 0 Å². The number of imidazole rings is 1. The molecule has 1 aliphatic rings. The lowest BCUT2D eigenvalue weighted by Gasteiger charge is -2.33. The number of anilines is 1. The molecule has 0 aliphatic carbocycles. The van der Waals surface area contributed by atoms with E-state index >= 15 is 0 Å². The summed E-state index contributed by atoms with van der Waals surface area (Å²) in [6.07, 6.45) is 3.95. The zero-order valence-electron chi connectivity index (χ0n) is 13.4. The molecule has 0 unspecified atom stereocenters. The lowest BCUT2D eigenvalue weighted by Crippen LogP contribution is -2.34. The summed E-state index contributed by atoms with van der Waals surface area (Å²) in [6, 6.07) is 13.0. The van der Waals surface area contributed by atoms with Crippen LogP contribution in [0.4, 0.5) is 5.95 Å². The summed E-state index contributed by atoms with van der Waals surface area (Å²) < 4.78 is 3.04. The van der Waals surface area contributed by atoms with Crippen molar-refractivity contribution in [2.75, 3.05) is 18.8 Å². The van der Waals surface area contributed by atoms with Crippen LogP contribution in [-0.4, -0.2) is 32.5 Å². The minimum absolute atomic E-state index is 0.371. The number of aromatic nitrogens is 3. The Kier molecular flexibility index (Phi) is 4.24. The van der Waals surface area contributed by atoms with Gasteiger partial charge in [-0.2, -0.15) is 0 Å². The van der Waals surface area contributed by atoms with Crippen molar-refractivity contribution in [1.29, 1.82) is 0 Å². The summed E-state index contributed by atoms with van der Waals surface area (Å²) in [4.78, 5) is 11.5. The van der Waals surface area contributed by atoms with Crippen LogP contribution in [0.25, 0.3) is 11.2 Å². The van der Waals surface area contributed by atoms with Crippen LogP contribution < -0.4 is 5.73 Å². The number of piperidine rings is 1. The number of nitrogens with two attached hydrogens (primary N) is 1. The number of nitrogen functional groups attached to an aromatic ring is 1. The van der Waals surface area contributed by atoms with E-state index < -0.39 is 0 Å². The topological polar surface area (TPSA) is 60.0 Å². The molecule has 0 spiro atoms. The summed E-state index contributed by atoms with van der Waals surface area (Å²) in [5.41, 5.74) is 9.29. The van der Waals surface area contributed by atoms with Gasteiger partial charge < -0.3 is 5.73 Å². The Morgan fingerprint density at radius 1 is 1.17 bits per heavy atom. The summed E-state index contributed by atoms with van der Waals surface area (Å²) in [6.45, 7) is 3.14. The van der Waals surface area contributed by atoms with Gasteiger partial charge in [-0.25, -0.2) is 9.97 Å². The van der Waals surface area contributed by atoms with Gasteiger partial charge in [-0.15, -0.1) is 0 Å². The number of fused-ring (bicyclic) bond motifs is 1. The highest BCUT2D eigenvalue weighted by molar-refractivity contribution is 9.10. The molecule has 5 nitrogen and oxygen atoms in total. The van der Waals surface area contributed by atoms with Crippen molar-refractivity contribution < 1.29 is 0 Å². The zero-order valence-corrected chi connectivity index (χ0v) is 15.0. The van der Waals surface area contributed by atoms with Gasteiger partial charge in [-0.05, 0) is 40.4 Å². The quantitative estimate of drug-likeness (QED) is 0.747. The van der Waals surface area contributed by atoms with E-state index in [4.69, 9.17) is 5.73 Å². The number of pyridine rings is 1. The molecule has 6 heteroatoms. The molecule has 1 aromatic carbocycles. The molecular weight excluding hydrogens is 366 g/mol. The van der Waals surface area contributed by atoms with Gasteiger partial charge in [0, 0.05) is 36.3 Å². The first-order valence-electron chi connectivity index (χ1n) is 8.26. The largest absolute Gasteiger partial charge is 0.369 e. The van der Waals surface area contributed by atoms with E-state index in [2.05, 4.69) is 65.7 Å². The molecule has 2 aromatic heterocycles. The molecule has 0 atom stereocenters. The standard InChI is InChI=1S/C18H20BrN5/c19-14-10-16-17(21-11-14)24(18(20)22-16)15-6-8-23(9-7-15)12-13-4-2-1-3-5-13/h1-5,10-11,15H,6-9,12H2,(H2,20,22). The molecule has 2 N–H and O–H groups in total. The third-order valence-electron chi connectivity index (χ3n) is 4.70. The fraction of sp³-hybridized carbons (Fsp3) is 0.333. The highest BCUT2D eigenvalue weighted by Gasteiger charge is 2.24. The van der Waals surface area contributed by atoms with Crippen LogP contribution in [0.3, 0.4) is 0 Å². The number of rotatable bonds is 3. The van der Waals surface area contributed by atoms with Crippen molar-refractivity contribution in [2.24, 2.45) is 0 Å². The maximum Gasteiger partial charge on any atom is 0.202 e. The summed E-state index contributed by atoms with van der Waals surface area (Å²) in [5.74, 6) is 0.567. The van der Waals surface area contributed by atoms with Crippen LogP contribution in [0, 0.1) is 0 Å². The van der Waals surface area contributed by atoms with E-state index in [1.165, 1.54) is 5.56 Å². The van der Waals surface area contributed by atoms with Crippen LogP contribution in [-0.2, 0) is 6.54 Å². The van der Waals surface area contributed by atoms with E-state index in [9.17, 15) is 0 Å². The monoisotopic (exact) mass is 385 g/mol. The van der Waals surface area contributed by atoms with Crippen molar-refractivity contribution >= 4 is 33.0 Å². The van der Waals surface area contributed by atoms with Crippen LogP contribution in [0.15, 0.2) is 47.1 Å². The van der Waals surface area contributed by atoms with Gasteiger partial charge in [0.15, 0.2) is 5.65 Å². The first kappa shape index (κ1) is 15.6. The van der Waals surface area contributed by atoms with Crippen LogP contribution in [0.5, 0.6) is 0 Å². The zero-order chi connectivity index (χ0) is 16.5. The third-order valence-corrected chi connectivity index (χ3v) is 5.13. The Labute approximate surface area is 149 Å². The Morgan fingerprint density at radius 3 is 2.67 bits per heavy atom. The number of hydrogen-bond donors (Lipinski definition) is 1. The fourth-order valence-corrected chi connectivity index (χ4v) is 3.83. The number of hydrogen-bond acceptors (Lipinski definition) is 4. The first-order valence-corrected chi connectivity index (χ1v) is 9.05. The van der Waals surface area contributed by atoms with Crippen molar-refractivity contribution in [2.45, 2.75) is 25.4 Å². The van der Waals surface area contributed by atoms with Gasteiger partial charge in [0.2, 0.25) is 5.95 Å². The van der Waals surface area contributed by atoms with E-state index in [-0.39, 0.29) is 0 Å². The van der Waals surface area contributed by atoms with E-state index in [0.29, 0.717) is 12.0 Å². The predicted molar refractivity (Wildman–Crippen MR) is 99.6 cm³/mol. The van der Waals surface area contributed by atoms with Crippen molar-refractivity contribution in [3.05, 3.63) is 52.6 Å². The summed E-state index contributed by atoms with van der Waals surface area (Å²) in [5, 5.41) is 0. The second-order valence-electron chi connectivity index (χ2n) is 6.33. The van der Waals surface area contributed by atoms with E-state index in [1.54, 1.807) is 0 Å². The minimum atomic E-state index is 0.371. The second-order valence-corrected chi connectivity index (χ2v) is 7.24. The summed E-state index contributed by atoms with van der Waals surface area (Å²) >= 11 is 3.44. The normalized spacial score (nSPS) is 16.7. The van der Waals surface area contributed by atoms with Gasteiger partial charge in [-0.3, -0.25) is 9.47 Å². The lowest BCUT2D eigenvalue weighted by molar-refractivity contribution is 0.182. The Bertz CT molecular complexity index is 837. The number of benzene rings is 1. The molecule has 0 radical (unpaired) electrons. The molecule has 3 heterocycles. The molecule has 1 fully saturated rings. The molecule has 4 rings (SSSR count). The minimum Gasteiger partial charge on any atom is -0.369 e. The van der Waals surface area contributed by atoms with E-state index in [1.807, 2.05) is 12.3 Å². The SMILES string of the molecule is Nc1nc2cc(Br)cnc2n1C1CCN(Cc2ccccc2)CC1. The van der Waals surface area contributed by atoms with Gasteiger partial charge in [-0.1, -0.05) is 30.3 Å². The Hall–Kier alpha value is -1.92. The second kappa shape index (κ2) is 6.53. The Balaban J connectivity index is 1.49. The maximum absolute atomic E-state index is 6.18. The Morgan fingerprint density at radius 2 is 1.92 bits per heavy atom. The van der Waals surface area contributed by atoms with Crippen molar-refractivity contribution in [3.63, 3.8) is 0 Å². The fourth-order valence-electron chi connectivity index (χ4n) is 3.51. The highest BCUT2D eigenvalue weighted by atomic mass is 79.9. The maximum atomic E-state index is 6.18. The van der Waals surface area contributed by atoms with Crippen LogP contribution in [0.2, 0.25) is 0 Å².